The molecule has 138 valence electrons. The Balaban J connectivity index is 1.68. The normalized spacial score (nSPS) is 15.0. The standard InChI is InChI=1S/C22H25N5/c1-2-7-24-19-13-17(16-27-10-8-23-9-11-27)12-18(14-19)22-15-25-20-5-3-4-6-21(20)26-22/h2-6,12-15,23-24H,1,7-11,16H2. The van der Waals surface area contributed by atoms with Crippen LogP contribution in [0.5, 0.6) is 0 Å². The van der Waals surface area contributed by atoms with Crippen molar-refractivity contribution in [1.82, 2.24) is 20.2 Å². The van der Waals surface area contributed by atoms with Gasteiger partial charge in [0.05, 0.1) is 22.9 Å². The first kappa shape index (κ1) is 17.6. The fraction of sp³-hybridized carbons (Fsp3) is 0.273. The third-order valence-electron chi connectivity index (χ3n) is 4.80. The molecule has 0 amide bonds. The van der Waals surface area contributed by atoms with Crippen LogP contribution in [0.15, 0.2) is 61.3 Å². The number of anilines is 1. The average molecular weight is 359 g/mol. The maximum Gasteiger partial charge on any atom is 0.0894 e. The number of benzene rings is 2. The van der Waals surface area contributed by atoms with Crippen molar-refractivity contribution in [2.24, 2.45) is 0 Å². The van der Waals surface area contributed by atoms with Crippen LogP contribution in [0.2, 0.25) is 0 Å². The second-order valence-corrected chi connectivity index (χ2v) is 6.86. The van der Waals surface area contributed by atoms with E-state index >= 15 is 0 Å². The van der Waals surface area contributed by atoms with Gasteiger partial charge in [-0.3, -0.25) is 9.88 Å². The van der Waals surface area contributed by atoms with Gasteiger partial charge in [0.1, 0.15) is 0 Å². The Morgan fingerprint density at radius 2 is 1.93 bits per heavy atom. The molecule has 0 saturated carbocycles. The van der Waals surface area contributed by atoms with Crippen molar-refractivity contribution >= 4 is 16.7 Å². The van der Waals surface area contributed by atoms with Gasteiger partial charge in [0.15, 0.2) is 0 Å². The minimum atomic E-state index is 0.736. The highest BCUT2D eigenvalue weighted by Gasteiger charge is 2.12. The van der Waals surface area contributed by atoms with Crippen LogP contribution in [-0.2, 0) is 6.54 Å². The minimum Gasteiger partial charge on any atom is -0.382 e. The molecule has 0 aliphatic carbocycles. The topological polar surface area (TPSA) is 53.1 Å². The van der Waals surface area contributed by atoms with Crippen molar-refractivity contribution in [3.05, 3.63) is 66.9 Å². The highest BCUT2D eigenvalue weighted by molar-refractivity contribution is 5.77. The molecule has 0 bridgehead atoms. The molecule has 1 saturated heterocycles. The first-order valence-electron chi connectivity index (χ1n) is 9.46. The highest BCUT2D eigenvalue weighted by atomic mass is 15.2. The second-order valence-electron chi connectivity index (χ2n) is 6.86. The van der Waals surface area contributed by atoms with Crippen LogP contribution in [0, 0.1) is 0 Å². The average Bonchev–Trinajstić information content (AvgIpc) is 2.72. The van der Waals surface area contributed by atoms with E-state index in [9.17, 15) is 0 Å². The Bertz CT molecular complexity index is 931. The van der Waals surface area contributed by atoms with Gasteiger partial charge >= 0.3 is 0 Å². The predicted octanol–water partition coefficient (Wildman–Crippen LogP) is 3.30. The molecule has 1 aromatic heterocycles. The number of para-hydroxylation sites is 2. The van der Waals surface area contributed by atoms with E-state index in [1.54, 1.807) is 0 Å². The summed E-state index contributed by atoms with van der Waals surface area (Å²) in [4.78, 5) is 11.9. The first-order chi connectivity index (χ1) is 13.3. The third kappa shape index (κ3) is 4.32. The van der Waals surface area contributed by atoms with Crippen molar-refractivity contribution in [2.45, 2.75) is 6.54 Å². The van der Waals surface area contributed by atoms with Crippen LogP contribution >= 0.6 is 0 Å². The maximum atomic E-state index is 4.82. The lowest BCUT2D eigenvalue weighted by molar-refractivity contribution is 0.233. The van der Waals surface area contributed by atoms with Gasteiger partial charge in [0.25, 0.3) is 0 Å². The van der Waals surface area contributed by atoms with Gasteiger partial charge in [0.2, 0.25) is 0 Å². The molecule has 0 unspecified atom stereocenters. The molecule has 27 heavy (non-hydrogen) atoms. The van der Waals surface area contributed by atoms with Crippen LogP contribution < -0.4 is 10.6 Å². The Morgan fingerprint density at radius 1 is 1.11 bits per heavy atom. The summed E-state index contributed by atoms with van der Waals surface area (Å²) in [5.41, 5.74) is 6.21. The molecule has 5 nitrogen and oxygen atoms in total. The molecule has 0 radical (unpaired) electrons. The fourth-order valence-electron chi connectivity index (χ4n) is 3.45. The second kappa shape index (κ2) is 8.29. The lowest BCUT2D eigenvalue weighted by atomic mass is 10.1. The van der Waals surface area contributed by atoms with Crippen LogP contribution in [0.25, 0.3) is 22.3 Å². The molecule has 1 aliphatic rings. The number of aromatic nitrogens is 2. The van der Waals surface area contributed by atoms with Gasteiger partial charge in [0, 0.05) is 50.5 Å². The van der Waals surface area contributed by atoms with E-state index < -0.39 is 0 Å². The van der Waals surface area contributed by atoms with E-state index in [0.29, 0.717) is 0 Å². The van der Waals surface area contributed by atoms with Crippen molar-refractivity contribution in [3.63, 3.8) is 0 Å². The zero-order chi connectivity index (χ0) is 18.5. The minimum absolute atomic E-state index is 0.736. The summed E-state index contributed by atoms with van der Waals surface area (Å²) in [6.45, 7) is 9.75. The van der Waals surface area contributed by atoms with E-state index in [1.807, 2.05) is 36.5 Å². The Morgan fingerprint density at radius 3 is 2.74 bits per heavy atom. The summed E-state index contributed by atoms with van der Waals surface area (Å²) >= 11 is 0. The molecule has 3 aromatic rings. The molecule has 1 aliphatic heterocycles. The number of rotatable bonds is 6. The van der Waals surface area contributed by atoms with Crippen molar-refractivity contribution in [3.8, 4) is 11.3 Å². The Hall–Kier alpha value is -2.76. The number of nitrogens with one attached hydrogen (secondary N) is 2. The summed E-state index contributed by atoms with van der Waals surface area (Å²) in [5.74, 6) is 0. The molecule has 0 spiro atoms. The molecule has 1 fully saturated rings. The van der Waals surface area contributed by atoms with Gasteiger partial charge in [-0.1, -0.05) is 18.2 Å². The monoisotopic (exact) mass is 359 g/mol. The summed E-state index contributed by atoms with van der Waals surface area (Å²) in [6.07, 6.45) is 3.74. The molecule has 2 aromatic carbocycles. The van der Waals surface area contributed by atoms with Crippen molar-refractivity contribution in [2.75, 3.05) is 38.0 Å². The van der Waals surface area contributed by atoms with E-state index in [4.69, 9.17) is 4.98 Å². The molecule has 4 rings (SSSR count). The smallest absolute Gasteiger partial charge is 0.0894 e. The summed E-state index contributed by atoms with van der Waals surface area (Å²) in [7, 11) is 0. The van der Waals surface area contributed by atoms with Gasteiger partial charge in [-0.15, -0.1) is 6.58 Å². The molecule has 2 N–H and O–H groups in total. The van der Waals surface area contributed by atoms with Gasteiger partial charge in [-0.2, -0.15) is 0 Å². The lowest BCUT2D eigenvalue weighted by Gasteiger charge is -2.27. The maximum absolute atomic E-state index is 4.82. The van der Waals surface area contributed by atoms with Crippen LogP contribution in [-0.4, -0.2) is 47.6 Å². The Labute approximate surface area is 160 Å². The zero-order valence-electron chi connectivity index (χ0n) is 15.5. The van der Waals surface area contributed by atoms with E-state index in [-0.39, 0.29) is 0 Å². The van der Waals surface area contributed by atoms with Crippen molar-refractivity contribution in [1.29, 1.82) is 0 Å². The number of nitrogens with zero attached hydrogens (tertiary/aromatic N) is 3. The molecular formula is C22H25N5. The Kier molecular flexibility index (Phi) is 5.42. The SMILES string of the molecule is C=CCNc1cc(CN2CCNCC2)cc(-c2cnc3ccccc3n2)c1. The molecule has 5 heteroatoms. The third-order valence-corrected chi connectivity index (χ3v) is 4.80. The van der Waals surface area contributed by atoms with Crippen LogP contribution in [0.3, 0.4) is 0 Å². The number of piperazine rings is 1. The van der Waals surface area contributed by atoms with Gasteiger partial charge in [-0.25, -0.2) is 4.98 Å². The number of hydrogen-bond acceptors (Lipinski definition) is 5. The van der Waals surface area contributed by atoms with Crippen LogP contribution in [0.4, 0.5) is 5.69 Å². The summed E-state index contributed by atoms with van der Waals surface area (Å²) in [5, 5.41) is 6.83. The van der Waals surface area contributed by atoms with E-state index in [1.165, 1.54) is 5.56 Å². The van der Waals surface area contributed by atoms with Gasteiger partial charge < -0.3 is 10.6 Å². The number of hydrogen-bond donors (Lipinski definition) is 2. The summed E-state index contributed by atoms with van der Waals surface area (Å²) in [6, 6.07) is 14.6. The zero-order valence-corrected chi connectivity index (χ0v) is 15.5. The fourth-order valence-corrected chi connectivity index (χ4v) is 3.45. The number of fused-ring (bicyclic) bond motifs is 1. The molecule has 2 heterocycles. The first-order valence-corrected chi connectivity index (χ1v) is 9.46. The van der Waals surface area contributed by atoms with E-state index in [0.717, 1.165) is 67.2 Å². The summed E-state index contributed by atoms with van der Waals surface area (Å²) < 4.78 is 0. The molecular weight excluding hydrogens is 334 g/mol. The predicted molar refractivity (Wildman–Crippen MR) is 112 cm³/mol. The van der Waals surface area contributed by atoms with E-state index in [2.05, 4.69) is 45.3 Å². The van der Waals surface area contributed by atoms with Crippen molar-refractivity contribution < 1.29 is 0 Å². The highest BCUT2D eigenvalue weighted by Crippen LogP contribution is 2.25. The quantitative estimate of drug-likeness (QED) is 0.662. The lowest BCUT2D eigenvalue weighted by Crippen LogP contribution is -2.42. The largest absolute Gasteiger partial charge is 0.382 e. The van der Waals surface area contributed by atoms with Crippen LogP contribution in [0.1, 0.15) is 5.56 Å². The molecule has 0 atom stereocenters. The van der Waals surface area contributed by atoms with Gasteiger partial charge in [-0.05, 0) is 35.9 Å².